The molecule has 1 aromatic carbocycles. The second-order valence-corrected chi connectivity index (χ2v) is 5.53. The van der Waals surface area contributed by atoms with Gasteiger partial charge in [-0.15, -0.1) is 11.3 Å². The number of ether oxygens (including phenoxy) is 2. The number of anilines is 1. The van der Waals surface area contributed by atoms with Crippen LogP contribution in [-0.4, -0.2) is 19.2 Å². The summed E-state index contributed by atoms with van der Waals surface area (Å²) < 4.78 is 10.6. The number of aromatic nitrogens is 1. The molecule has 5 nitrogen and oxygen atoms in total. The molecule has 1 aromatic heterocycles. The van der Waals surface area contributed by atoms with Crippen LogP contribution in [0.2, 0.25) is 0 Å². The quantitative estimate of drug-likeness (QED) is 0.856. The van der Waals surface area contributed by atoms with Crippen LogP contribution in [0.4, 0.5) is 5.13 Å². The molecule has 0 aliphatic rings. The fourth-order valence-corrected chi connectivity index (χ4v) is 2.53. The van der Waals surface area contributed by atoms with Crippen LogP contribution in [0.15, 0.2) is 24.4 Å². The first-order valence-electron chi connectivity index (χ1n) is 6.29. The van der Waals surface area contributed by atoms with Crippen LogP contribution in [0.1, 0.15) is 23.4 Å². The van der Waals surface area contributed by atoms with Gasteiger partial charge in [0.25, 0.3) is 0 Å². The van der Waals surface area contributed by atoms with Crippen molar-refractivity contribution in [1.82, 2.24) is 10.3 Å². The van der Waals surface area contributed by atoms with Crippen LogP contribution in [0.3, 0.4) is 0 Å². The van der Waals surface area contributed by atoms with Gasteiger partial charge in [-0.25, -0.2) is 4.98 Å². The van der Waals surface area contributed by atoms with Crippen LogP contribution >= 0.6 is 11.3 Å². The summed E-state index contributed by atoms with van der Waals surface area (Å²) >= 11 is 1.50. The summed E-state index contributed by atoms with van der Waals surface area (Å²) in [6.45, 7) is 2.84. The Morgan fingerprint density at radius 1 is 1.30 bits per heavy atom. The van der Waals surface area contributed by atoms with Gasteiger partial charge in [-0.2, -0.15) is 0 Å². The highest BCUT2D eigenvalue weighted by atomic mass is 32.1. The molecule has 3 N–H and O–H groups in total. The van der Waals surface area contributed by atoms with Gasteiger partial charge in [-0.3, -0.25) is 0 Å². The molecule has 1 heterocycles. The number of methoxy groups -OCH3 is 2. The lowest BCUT2D eigenvalue weighted by Gasteiger charge is -2.16. The largest absolute Gasteiger partial charge is 0.493 e. The Kier molecular flexibility index (Phi) is 4.81. The minimum atomic E-state index is 0.193. The van der Waals surface area contributed by atoms with E-state index in [4.69, 9.17) is 15.2 Å². The second kappa shape index (κ2) is 6.58. The summed E-state index contributed by atoms with van der Waals surface area (Å²) in [7, 11) is 3.27. The summed E-state index contributed by atoms with van der Waals surface area (Å²) in [5, 5.41) is 4.03. The van der Waals surface area contributed by atoms with Gasteiger partial charge >= 0.3 is 0 Å². The van der Waals surface area contributed by atoms with Crippen LogP contribution in [-0.2, 0) is 6.54 Å². The van der Waals surface area contributed by atoms with E-state index < -0.39 is 0 Å². The van der Waals surface area contributed by atoms with E-state index in [1.807, 2.05) is 18.2 Å². The molecule has 108 valence electrons. The average Bonchev–Trinajstić information content (AvgIpc) is 2.89. The monoisotopic (exact) mass is 293 g/mol. The highest BCUT2D eigenvalue weighted by Crippen LogP contribution is 2.30. The molecule has 2 rings (SSSR count). The molecule has 2 aromatic rings. The van der Waals surface area contributed by atoms with Gasteiger partial charge < -0.3 is 20.5 Å². The Morgan fingerprint density at radius 2 is 2.05 bits per heavy atom. The highest BCUT2D eigenvalue weighted by molar-refractivity contribution is 7.15. The van der Waals surface area contributed by atoms with Crippen molar-refractivity contribution in [3.8, 4) is 11.5 Å². The Labute approximate surface area is 122 Å². The lowest BCUT2D eigenvalue weighted by Crippen LogP contribution is -2.17. The Balaban J connectivity index is 2.03. The minimum Gasteiger partial charge on any atom is -0.493 e. The summed E-state index contributed by atoms with van der Waals surface area (Å²) in [6.07, 6.45) is 1.80. The van der Waals surface area contributed by atoms with Crippen LogP contribution in [0.25, 0.3) is 0 Å². The minimum absolute atomic E-state index is 0.193. The molecule has 0 aliphatic heterocycles. The molecule has 0 fully saturated rings. The summed E-state index contributed by atoms with van der Waals surface area (Å²) in [5.41, 5.74) is 6.75. The average molecular weight is 293 g/mol. The molecular weight excluding hydrogens is 274 g/mol. The zero-order chi connectivity index (χ0) is 14.5. The van der Waals surface area contributed by atoms with E-state index in [0.717, 1.165) is 28.5 Å². The van der Waals surface area contributed by atoms with Crippen molar-refractivity contribution >= 4 is 16.5 Å². The van der Waals surface area contributed by atoms with Crippen LogP contribution in [0, 0.1) is 0 Å². The Hall–Kier alpha value is -1.79. The number of benzene rings is 1. The maximum atomic E-state index is 5.62. The van der Waals surface area contributed by atoms with E-state index in [-0.39, 0.29) is 6.04 Å². The molecule has 0 amide bonds. The number of rotatable bonds is 6. The molecule has 1 unspecified atom stereocenters. The number of nitrogens with two attached hydrogens (primary N) is 1. The van der Waals surface area contributed by atoms with E-state index in [1.165, 1.54) is 11.3 Å². The van der Waals surface area contributed by atoms with Crippen molar-refractivity contribution in [3.05, 3.63) is 34.8 Å². The predicted octanol–water partition coefficient (Wildman–Crippen LogP) is 2.59. The standard InChI is InChI=1S/C14H19N3O2S/c1-9(16-7-11-8-17-14(15)20-11)10-4-5-12(18-2)13(6-10)19-3/h4-6,8-9,16H,7H2,1-3H3,(H2,15,17). The molecule has 0 aliphatic carbocycles. The second-order valence-electron chi connectivity index (χ2n) is 4.38. The third-order valence-electron chi connectivity index (χ3n) is 3.06. The fourth-order valence-electron chi connectivity index (χ4n) is 1.90. The smallest absolute Gasteiger partial charge is 0.180 e. The number of nitrogen functional groups attached to an aromatic ring is 1. The normalized spacial score (nSPS) is 12.2. The van der Waals surface area contributed by atoms with Crippen LogP contribution in [0.5, 0.6) is 11.5 Å². The van der Waals surface area contributed by atoms with Crippen molar-refractivity contribution < 1.29 is 9.47 Å². The Bertz CT molecular complexity index is 571. The van der Waals surface area contributed by atoms with Crippen molar-refractivity contribution in [2.45, 2.75) is 19.5 Å². The van der Waals surface area contributed by atoms with Crippen molar-refractivity contribution in [1.29, 1.82) is 0 Å². The van der Waals surface area contributed by atoms with Crippen molar-refractivity contribution in [2.24, 2.45) is 0 Å². The van der Waals surface area contributed by atoms with Gasteiger partial charge in [0, 0.05) is 23.7 Å². The number of hydrogen-bond acceptors (Lipinski definition) is 6. The third kappa shape index (κ3) is 3.40. The predicted molar refractivity (Wildman–Crippen MR) is 81.3 cm³/mol. The van der Waals surface area contributed by atoms with Crippen molar-refractivity contribution in [2.75, 3.05) is 20.0 Å². The van der Waals surface area contributed by atoms with Gasteiger partial charge in [0.05, 0.1) is 14.2 Å². The SMILES string of the molecule is COc1ccc(C(C)NCc2cnc(N)s2)cc1OC. The van der Waals surface area contributed by atoms with E-state index in [9.17, 15) is 0 Å². The number of thiazole rings is 1. The maximum Gasteiger partial charge on any atom is 0.180 e. The molecule has 6 heteroatoms. The van der Waals surface area contributed by atoms with Crippen LogP contribution < -0.4 is 20.5 Å². The molecule has 0 saturated carbocycles. The zero-order valence-corrected chi connectivity index (χ0v) is 12.7. The van der Waals surface area contributed by atoms with Gasteiger partial charge in [-0.05, 0) is 24.6 Å². The van der Waals surface area contributed by atoms with Gasteiger partial charge in [0.2, 0.25) is 0 Å². The van der Waals surface area contributed by atoms with E-state index in [1.54, 1.807) is 20.4 Å². The first-order chi connectivity index (χ1) is 9.63. The lowest BCUT2D eigenvalue weighted by atomic mass is 10.1. The highest BCUT2D eigenvalue weighted by Gasteiger charge is 2.10. The Morgan fingerprint density at radius 3 is 2.65 bits per heavy atom. The number of hydrogen-bond donors (Lipinski definition) is 2. The summed E-state index contributed by atoms with van der Waals surface area (Å²) in [6, 6.07) is 6.12. The molecule has 0 spiro atoms. The third-order valence-corrected chi connectivity index (χ3v) is 3.89. The first kappa shape index (κ1) is 14.6. The molecular formula is C14H19N3O2S. The lowest BCUT2D eigenvalue weighted by molar-refractivity contribution is 0.354. The zero-order valence-electron chi connectivity index (χ0n) is 11.8. The number of nitrogens with one attached hydrogen (secondary N) is 1. The topological polar surface area (TPSA) is 69.4 Å². The van der Waals surface area contributed by atoms with Crippen molar-refractivity contribution in [3.63, 3.8) is 0 Å². The summed E-state index contributed by atoms with van der Waals surface area (Å²) in [4.78, 5) is 5.16. The molecule has 20 heavy (non-hydrogen) atoms. The summed E-state index contributed by atoms with van der Waals surface area (Å²) in [5.74, 6) is 1.47. The molecule has 0 radical (unpaired) electrons. The van der Waals surface area contributed by atoms with Gasteiger partial charge in [0.1, 0.15) is 0 Å². The molecule has 1 atom stereocenters. The molecule has 0 saturated heterocycles. The maximum absolute atomic E-state index is 5.62. The van der Waals surface area contributed by atoms with E-state index in [2.05, 4.69) is 17.2 Å². The van der Waals surface area contributed by atoms with Gasteiger partial charge in [0.15, 0.2) is 16.6 Å². The first-order valence-corrected chi connectivity index (χ1v) is 7.11. The van der Waals surface area contributed by atoms with E-state index >= 15 is 0 Å². The fraction of sp³-hybridized carbons (Fsp3) is 0.357. The molecule has 0 bridgehead atoms. The van der Waals surface area contributed by atoms with E-state index in [0.29, 0.717) is 5.13 Å². The van der Waals surface area contributed by atoms with Gasteiger partial charge in [-0.1, -0.05) is 6.07 Å². The number of nitrogens with zero attached hydrogens (tertiary/aromatic N) is 1.